The molecule has 1 aliphatic rings. The number of anilines is 1. The number of nitrogens with zero attached hydrogens (tertiary/aromatic N) is 3. The Morgan fingerprint density at radius 1 is 1.50 bits per heavy atom. The molecule has 0 amide bonds. The predicted octanol–water partition coefficient (Wildman–Crippen LogP) is 0.872. The maximum absolute atomic E-state index is 9.16. The number of aromatic nitrogens is 2. The van der Waals surface area contributed by atoms with Gasteiger partial charge in [-0.05, 0) is 11.4 Å². The SMILES string of the molecule is OC1CN(c2ncc3sccc3n2)C1. The van der Waals surface area contributed by atoms with Gasteiger partial charge in [-0.25, -0.2) is 9.97 Å². The number of thiophene rings is 1. The van der Waals surface area contributed by atoms with E-state index in [1.807, 2.05) is 22.5 Å². The van der Waals surface area contributed by atoms with Gasteiger partial charge in [0.15, 0.2) is 0 Å². The smallest absolute Gasteiger partial charge is 0.226 e. The summed E-state index contributed by atoms with van der Waals surface area (Å²) < 4.78 is 1.11. The Morgan fingerprint density at radius 2 is 2.36 bits per heavy atom. The van der Waals surface area contributed by atoms with Crippen LogP contribution in [0.15, 0.2) is 17.6 Å². The molecule has 2 aromatic rings. The molecule has 0 atom stereocenters. The van der Waals surface area contributed by atoms with Gasteiger partial charge in [0.05, 0.1) is 22.5 Å². The van der Waals surface area contributed by atoms with E-state index in [1.54, 1.807) is 11.3 Å². The molecule has 3 heterocycles. The largest absolute Gasteiger partial charge is 0.389 e. The highest BCUT2D eigenvalue weighted by molar-refractivity contribution is 7.17. The van der Waals surface area contributed by atoms with Crippen LogP contribution in [0.25, 0.3) is 10.2 Å². The molecule has 5 heteroatoms. The quantitative estimate of drug-likeness (QED) is 0.754. The van der Waals surface area contributed by atoms with E-state index < -0.39 is 0 Å². The van der Waals surface area contributed by atoms with Crippen molar-refractivity contribution in [3.05, 3.63) is 17.6 Å². The van der Waals surface area contributed by atoms with Crippen LogP contribution in [0, 0.1) is 0 Å². The Labute approximate surface area is 84.8 Å². The van der Waals surface area contributed by atoms with Crippen LogP contribution in [-0.4, -0.2) is 34.3 Å². The van der Waals surface area contributed by atoms with Gasteiger partial charge in [0.25, 0.3) is 0 Å². The average molecular weight is 207 g/mol. The van der Waals surface area contributed by atoms with Gasteiger partial charge in [0.2, 0.25) is 5.95 Å². The summed E-state index contributed by atoms with van der Waals surface area (Å²) in [5, 5.41) is 11.2. The first-order valence-corrected chi connectivity index (χ1v) is 5.34. The lowest BCUT2D eigenvalue weighted by molar-refractivity contribution is 0.140. The third-order valence-electron chi connectivity index (χ3n) is 2.34. The summed E-state index contributed by atoms with van der Waals surface area (Å²) in [5.41, 5.74) is 0.987. The zero-order valence-corrected chi connectivity index (χ0v) is 8.24. The number of β-amino-alcohol motifs (C(OH)–C–C–N with tert-alkyl or cyclic N) is 1. The lowest BCUT2D eigenvalue weighted by Crippen LogP contribution is -2.51. The van der Waals surface area contributed by atoms with Gasteiger partial charge in [0, 0.05) is 13.1 Å². The van der Waals surface area contributed by atoms with Gasteiger partial charge < -0.3 is 10.0 Å². The van der Waals surface area contributed by atoms with Crippen molar-refractivity contribution in [2.24, 2.45) is 0 Å². The van der Waals surface area contributed by atoms with Crippen molar-refractivity contribution in [2.75, 3.05) is 18.0 Å². The summed E-state index contributed by atoms with van der Waals surface area (Å²) in [6, 6.07) is 1.99. The molecule has 0 saturated carbocycles. The molecule has 0 aromatic carbocycles. The topological polar surface area (TPSA) is 49.2 Å². The lowest BCUT2D eigenvalue weighted by Gasteiger charge is -2.35. The molecule has 2 aromatic heterocycles. The van der Waals surface area contributed by atoms with E-state index in [2.05, 4.69) is 9.97 Å². The lowest BCUT2D eigenvalue weighted by atomic mass is 10.2. The van der Waals surface area contributed by atoms with Crippen LogP contribution < -0.4 is 4.90 Å². The zero-order valence-electron chi connectivity index (χ0n) is 7.42. The minimum absolute atomic E-state index is 0.211. The van der Waals surface area contributed by atoms with Crippen molar-refractivity contribution in [2.45, 2.75) is 6.10 Å². The summed E-state index contributed by atoms with van der Waals surface area (Å²) in [6.07, 6.45) is 1.63. The summed E-state index contributed by atoms with van der Waals surface area (Å²) in [4.78, 5) is 10.6. The fourth-order valence-corrected chi connectivity index (χ4v) is 2.22. The maximum Gasteiger partial charge on any atom is 0.226 e. The number of rotatable bonds is 1. The normalized spacial score (nSPS) is 17.4. The number of fused-ring (bicyclic) bond motifs is 1. The van der Waals surface area contributed by atoms with E-state index >= 15 is 0 Å². The second-order valence-corrected chi connectivity index (χ2v) is 4.35. The van der Waals surface area contributed by atoms with E-state index in [9.17, 15) is 0 Å². The highest BCUT2D eigenvalue weighted by atomic mass is 32.1. The molecule has 0 radical (unpaired) electrons. The summed E-state index contributed by atoms with van der Waals surface area (Å²) in [6.45, 7) is 1.30. The molecule has 0 aliphatic carbocycles. The Kier molecular flexibility index (Phi) is 1.68. The van der Waals surface area contributed by atoms with E-state index in [1.165, 1.54) is 0 Å². The Balaban J connectivity index is 1.97. The van der Waals surface area contributed by atoms with E-state index in [0.29, 0.717) is 13.1 Å². The van der Waals surface area contributed by atoms with Crippen molar-refractivity contribution >= 4 is 27.5 Å². The highest BCUT2D eigenvalue weighted by Gasteiger charge is 2.26. The van der Waals surface area contributed by atoms with Crippen LogP contribution in [0.2, 0.25) is 0 Å². The first kappa shape index (κ1) is 8.14. The van der Waals surface area contributed by atoms with Crippen molar-refractivity contribution < 1.29 is 5.11 Å². The van der Waals surface area contributed by atoms with Gasteiger partial charge in [-0.15, -0.1) is 11.3 Å². The number of hydrogen-bond acceptors (Lipinski definition) is 5. The van der Waals surface area contributed by atoms with Crippen LogP contribution in [0.4, 0.5) is 5.95 Å². The van der Waals surface area contributed by atoms with E-state index in [4.69, 9.17) is 5.11 Å². The van der Waals surface area contributed by atoms with Crippen molar-refractivity contribution in [1.29, 1.82) is 0 Å². The number of aliphatic hydroxyl groups excluding tert-OH is 1. The number of hydrogen-bond donors (Lipinski definition) is 1. The second-order valence-electron chi connectivity index (χ2n) is 3.40. The third kappa shape index (κ3) is 1.17. The monoisotopic (exact) mass is 207 g/mol. The summed E-state index contributed by atoms with van der Waals surface area (Å²) in [7, 11) is 0. The molecule has 0 unspecified atom stereocenters. The first-order chi connectivity index (χ1) is 6.83. The van der Waals surface area contributed by atoms with Crippen molar-refractivity contribution in [3.8, 4) is 0 Å². The molecule has 1 fully saturated rings. The number of aliphatic hydroxyl groups is 1. The molecule has 0 bridgehead atoms. The molecule has 1 aliphatic heterocycles. The minimum Gasteiger partial charge on any atom is -0.389 e. The predicted molar refractivity (Wildman–Crippen MR) is 55.6 cm³/mol. The fraction of sp³-hybridized carbons (Fsp3) is 0.333. The standard InChI is InChI=1S/C9H9N3OS/c13-6-4-12(5-6)9-10-3-8-7(11-9)1-2-14-8/h1-3,6,13H,4-5H2. The van der Waals surface area contributed by atoms with E-state index in [-0.39, 0.29) is 6.10 Å². The molecule has 3 rings (SSSR count). The van der Waals surface area contributed by atoms with Crippen molar-refractivity contribution in [1.82, 2.24) is 9.97 Å². The van der Waals surface area contributed by atoms with Crippen molar-refractivity contribution in [3.63, 3.8) is 0 Å². The second kappa shape index (κ2) is 2.90. The van der Waals surface area contributed by atoms with Gasteiger partial charge in [0.1, 0.15) is 0 Å². The van der Waals surface area contributed by atoms with Crippen LogP contribution >= 0.6 is 11.3 Å². The molecule has 72 valence electrons. The van der Waals surface area contributed by atoms with Crippen LogP contribution in [0.1, 0.15) is 0 Å². The molecule has 1 saturated heterocycles. The molecular formula is C9H9N3OS. The van der Waals surface area contributed by atoms with Crippen LogP contribution in [0.3, 0.4) is 0 Å². The molecule has 1 N–H and O–H groups in total. The van der Waals surface area contributed by atoms with Crippen LogP contribution in [-0.2, 0) is 0 Å². The third-order valence-corrected chi connectivity index (χ3v) is 3.18. The molecule has 4 nitrogen and oxygen atoms in total. The Morgan fingerprint density at radius 3 is 3.14 bits per heavy atom. The Bertz CT molecular complexity index is 464. The molecule has 14 heavy (non-hydrogen) atoms. The minimum atomic E-state index is -0.211. The average Bonchev–Trinajstić information content (AvgIpc) is 2.59. The summed E-state index contributed by atoms with van der Waals surface area (Å²) in [5.74, 6) is 0.723. The maximum atomic E-state index is 9.16. The molecule has 0 spiro atoms. The van der Waals surface area contributed by atoms with Gasteiger partial charge in [-0.3, -0.25) is 0 Å². The van der Waals surface area contributed by atoms with Crippen LogP contribution in [0.5, 0.6) is 0 Å². The highest BCUT2D eigenvalue weighted by Crippen LogP contribution is 2.22. The van der Waals surface area contributed by atoms with E-state index in [0.717, 1.165) is 16.2 Å². The van der Waals surface area contributed by atoms with Gasteiger partial charge >= 0.3 is 0 Å². The van der Waals surface area contributed by atoms with Gasteiger partial charge in [-0.2, -0.15) is 0 Å². The fourth-order valence-electron chi connectivity index (χ4n) is 1.53. The molecular weight excluding hydrogens is 198 g/mol. The first-order valence-electron chi connectivity index (χ1n) is 4.46. The zero-order chi connectivity index (χ0) is 9.54. The Hall–Kier alpha value is -1.20. The van der Waals surface area contributed by atoms with Gasteiger partial charge in [-0.1, -0.05) is 0 Å². The summed E-state index contributed by atoms with van der Waals surface area (Å²) >= 11 is 1.64.